The average Bonchev–Trinajstić information content (AvgIpc) is 3.25. The summed E-state index contributed by atoms with van der Waals surface area (Å²) >= 11 is 0. The van der Waals surface area contributed by atoms with E-state index in [0.29, 0.717) is 60.2 Å². The van der Waals surface area contributed by atoms with Gasteiger partial charge in [-0.15, -0.1) is 0 Å². The summed E-state index contributed by atoms with van der Waals surface area (Å²) in [5, 5.41) is 0.538. The highest BCUT2D eigenvalue weighted by Gasteiger charge is 2.12. The molecule has 0 saturated heterocycles. The second-order valence-electron chi connectivity index (χ2n) is 15.2. The number of esters is 1. The van der Waals surface area contributed by atoms with Crippen LogP contribution < -0.4 is 19.6 Å². The fourth-order valence-electron chi connectivity index (χ4n) is 6.63. The molecule has 0 amide bonds. The molecule has 0 spiro atoms. The molecule has 0 N–H and O–H groups in total. The first-order valence-corrected chi connectivity index (χ1v) is 21.4. The van der Waals surface area contributed by atoms with E-state index in [1.54, 1.807) is 18.4 Å². The van der Waals surface area contributed by atoms with Gasteiger partial charge in [-0.05, 0) is 90.4 Å². The summed E-state index contributed by atoms with van der Waals surface area (Å²) < 4.78 is 29.2. The standard InChI is InChI=1S/C50H62O7/c1-4-6-7-8-9-10-12-15-32-54-44-28-24-41(25-29-44)47-37-56-48-35-45(30-31-46(48)49(47)51)55-34-17-14-11-13-16-33-53-43-26-22-40(23-27-43)39-18-20-42(21-19-39)50(52)57-36-38(3)5-2/h18-31,35,37-38H,4-17,32-34,36H2,1-3H3/t38-/m0/s1. The zero-order valence-electron chi connectivity index (χ0n) is 34.4. The number of benzene rings is 4. The Morgan fingerprint density at radius 1 is 0.579 bits per heavy atom. The molecule has 0 aliphatic carbocycles. The molecule has 4 aromatic carbocycles. The van der Waals surface area contributed by atoms with Gasteiger partial charge in [-0.3, -0.25) is 4.79 Å². The van der Waals surface area contributed by atoms with E-state index in [4.69, 9.17) is 23.4 Å². The minimum atomic E-state index is -0.278. The van der Waals surface area contributed by atoms with Crippen molar-refractivity contribution in [3.63, 3.8) is 0 Å². The summed E-state index contributed by atoms with van der Waals surface area (Å²) in [6.45, 7) is 8.85. The van der Waals surface area contributed by atoms with Crippen LogP contribution in [0.4, 0.5) is 0 Å². The zero-order valence-corrected chi connectivity index (χ0v) is 34.4. The molecule has 0 radical (unpaired) electrons. The first kappa shape index (κ1) is 43.1. The monoisotopic (exact) mass is 774 g/mol. The molecule has 304 valence electrons. The lowest BCUT2D eigenvalue weighted by molar-refractivity contribution is 0.0447. The van der Waals surface area contributed by atoms with Gasteiger partial charge in [-0.1, -0.05) is 128 Å². The molecule has 1 heterocycles. The molecule has 1 atom stereocenters. The van der Waals surface area contributed by atoms with Crippen LogP contribution in [0.5, 0.6) is 17.2 Å². The number of ether oxygens (including phenoxy) is 4. The van der Waals surface area contributed by atoms with Crippen LogP contribution in [-0.2, 0) is 4.74 Å². The van der Waals surface area contributed by atoms with Crippen molar-refractivity contribution in [2.75, 3.05) is 26.4 Å². The second kappa shape index (κ2) is 23.9. The van der Waals surface area contributed by atoms with Crippen LogP contribution in [0.1, 0.15) is 121 Å². The molecule has 0 fully saturated rings. The summed E-state index contributed by atoms with van der Waals surface area (Å²) in [5.74, 6) is 2.45. The van der Waals surface area contributed by atoms with Gasteiger partial charge in [0.15, 0.2) is 5.43 Å². The fourth-order valence-corrected chi connectivity index (χ4v) is 6.63. The van der Waals surface area contributed by atoms with Gasteiger partial charge in [-0.25, -0.2) is 4.79 Å². The van der Waals surface area contributed by atoms with Crippen molar-refractivity contribution in [2.24, 2.45) is 5.92 Å². The first-order chi connectivity index (χ1) is 27.9. The van der Waals surface area contributed by atoms with Gasteiger partial charge in [-0.2, -0.15) is 0 Å². The predicted molar refractivity (Wildman–Crippen MR) is 232 cm³/mol. The number of hydrogen-bond donors (Lipinski definition) is 0. The van der Waals surface area contributed by atoms with E-state index in [0.717, 1.165) is 73.1 Å². The minimum Gasteiger partial charge on any atom is -0.494 e. The van der Waals surface area contributed by atoms with Gasteiger partial charge in [0.05, 0.1) is 42.9 Å². The lowest BCUT2D eigenvalue weighted by Crippen LogP contribution is -2.11. The van der Waals surface area contributed by atoms with Crippen LogP contribution in [0.2, 0.25) is 0 Å². The second-order valence-corrected chi connectivity index (χ2v) is 15.2. The van der Waals surface area contributed by atoms with Crippen LogP contribution >= 0.6 is 0 Å². The Balaban J connectivity index is 0.942. The van der Waals surface area contributed by atoms with E-state index >= 15 is 0 Å². The third-order valence-corrected chi connectivity index (χ3v) is 10.5. The topological polar surface area (TPSA) is 84.2 Å². The Kier molecular flexibility index (Phi) is 18.1. The van der Waals surface area contributed by atoms with Crippen molar-refractivity contribution in [1.82, 2.24) is 0 Å². The smallest absolute Gasteiger partial charge is 0.338 e. The lowest BCUT2D eigenvalue weighted by Gasteiger charge is -2.10. The molecule has 1 aromatic heterocycles. The number of unbranched alkanes of at least 4 members (excludes halogenated alkanes) is 11. The van der Waals surface area contributed by atoms with E-state index in [-0.39, 0.29) is 11.4 Å². The number of hydrogen-bond acceptors (Lipinski definition) is 7. The van der Waals surface area contributed by atoms with E-state index in [2.05, 4.69) is 20.8 Å². The Hall–Kier alpha value is -5.04. The molecule has 0 bridgehead atoms. The molecule has 57 heavy (non-hydrogen) atoms. The molecular formula is C50H62O7. The van der Waals surface area contributed by atoms with Crippen molar-refractivity contribution < 1.29 is 28.2 Å². The molecule has 0 aliphatic heterocycles. The van der Waals surface area contributed by atoms with Crippen molar-refractivity contribution in [1.29, 1.82) is 0 Å². The molecule has 7 nitrogen and oxygen atoms in total. The fraction of sp³-hybridized carbons (Fsp3) is 0.440. The number of fused-ring (bicyclic) bond motifs is 1. The molecule has 0 unspecified atom stereocenters. The maximum Gasteiger partial charge on any atom is 0.338 e. The van der Waals surface area contributed by atoms with Crippen molar-refractivity contribution >= 4 is 16.9 Å². The number of rotatable bonds is 26. The van der Waals surface area contributed by atoms with Crippen LogP contribution in [0, 0.1) is 5.92 Å². The largest absolute Gasteiger partial charge is 0.494 e. The molecule has 0 saturated carbocycles. The highest BCUT2D eigenvalue weighted by molar-refractivity contribution is 5.90. The summed E-state index contributed by atoms with van der Waals surface area (Å²) in [4.78, 5) is 25.6. The molecule has 7 heteroatoms. The Bertz CT molecular complexity index is 1960. The third kappa shape index (κ3) is 14.1. The van der Waals surface area contributed by atoms with Crippen LogP contribution in [0.25, 0.3) is 33.2 Å². The first-order valence-electron chi connectivity index (χ1n) is 21.4. The van der Waals surface area contributed by atoms with E-state index in [1.807, 2.05) is 78.9 Å². The normalized spacial score (nSPS) is 11.7. The van der Waals surface area contributed by atoms with Gasteiger partial charge in [0.1, 0.15) is 29.1 Å². The van der Waals surface area contributed by atoms with Crippen molar-refractivity contribution in [2.45, 2.75) is 111 Å². The average molecular weight is 775 g/mol. The third-order valence-electron chi connectivity index (χ3n) is 10.5. The van der Waals surface area contributed by atoms with Crippen LogP contribution in [0.3, 0.4) is 0 Å². The lowest BCUT2D eigenvalue weighted by atomic mass is 10.0. The van der Waals surface area contributed by atoms with Gasteiger partial charge in [0.2, 0.25) is 0 Å². The number of carbonyl (C=O) groups is 1. The molecule has 5 aromatic rings. The SMILES string of the molecule is CCCCCCCCCCOc1ccc(-c2coc3cc(OCCCCCCCOc4ccc(-c5ccc(C(=O)OC[C@@H](C)CC)cc5)cc4)ccc3c2=O)cc1. The maximum absolute atomic E-state index is 13.3. The summed E-state index contributed by atoms with van der Waals surface area (Å²) in [6.07, 6.45) is 17.9. The highest BCUT2D eigenvalue weighted by atomic mass is 16.5. The van der Waals surface area contributed by atoms with Crippen molar-refractivity contribution in [3.8, 4) is 39.5 Å². The predicted octanol–water partition coefficient (Wildman–Crippen LogP) is 13.3. The number of carbonyl (C=O) groups excluding carboxylic acids is 1. The van der Waals surface area contributed by atoms with E-state index < -0.39 is 0 Å². The summed E-state index contributed by atoms with van der Waals surface area (Å²) in [7, 11) is 0. The van der Waals surface area contributed by atoms with E-state index in [9.17, 15) is 9.59 Å². The van der Waals surface area contributed by atoms with Gasteiger partial charge in [0.25, 0.3) is 0 Å². The highest BCUT2D eigenvalue weighted by Crippen LogP contribution is 2.26. The van der Waals surface area contributed by atoms with E-state index in [1.165, 1.54) is 44.9 Å². The van der Waals surface area contributed by atoms with Gasteiger partial charge in [0, 0.05) is 6.07 Å². The molecular weight excluding hydrogens is 713 g/mol. The quantitative estimate of drug-likeness (QED) is 0.0408. The minimum absolute atomic E-state index is 0.0593. The Morgan fingerprint density at radius 2 is 1.05 bits per heavy atom. The summed E-state index contributed by atoms with van der Waals surface area (Å²) in [6, 6.07) is 28.7. The zero-order chi connectivity index (χ0) is 40.1. The molecule has 5 rings (SSSR count). The molecule has 0 aliphatic rings. The van der Waals surface area contributed by atoms with Gasteiger partial charge >= 0.3 is 5.97 Å². The maximum atomic E-state index is 13.3. The van der Waals surface area contributed by atoms with Crippen LogP contribution in [0.15, 0.2) is 106 Å². The van der Waals surface area contributed by atoms with Crippen molar-refractivity contribution in [3.05, 3.63) is 113 Å². The van der Waals surface area contributed by atoms with Gasteiger partial charge < -0.3 is 23.4 Å². The Morgan fingerprint density at radius 3 is 1.60 bits per heavy atom. The summed E-state index contributed by atoms with van der Waals surface area (Å²) in [5.41, 5.74) is 4.48. The Labute approximate surface area is 339 Å². The van der Waals surface area contributed by atoms with Crippen LogP contribution in [-0.4, -0.2) is 32.4 Å².